The standard InChI is InChI=1S/C19H18Cl2N2O3/c1-12-18(24)23(17-7-6-14(20)11-16(17)21)9-8-22(12)19(25)13-4-3-5-15(10-13)26-2/h3-7,10-12H,8-9H2,1-2H3. The molecule has 1 saturated heterocycles. The maximum Gasteiger partial charge on any atom is 0.254 e. The van der Waals surface area contributed by atoms with Crippen molar-refractivity contribution >= 4 is 40.7 Å². The Morgan fingerprint density at radius 2 is 1.92 bits per heavy atom. The van der Waals surface area contributed by atoms with E-state index in [0.717, 1.165) is 0 Å². The number of carbonyl (C=O) groups is 2. The molecule has 0 spiro atoms. The second-order valence-electron chi connectivity index (χ2n) is 5.99. The molecule has 1 fully saturated rings. The van der Waals surface area contributed by atoms with Crippen LogP contribution in [-0.4, -0.2) is 43.0 Å². The summed E-state index contributed by atoms with van der Waals surface area (Å²) in [4.78, 5) is 28.8. The SMILES string of the molecule is COc1cccc(C(=O)N2CCN(c3ccc(Cl)cc3Cl)C(=O)C2C)c1. The Morgan fingerprint density at radius 3 is 2.62 bits per heavy atom. The number of piperazine rings is 1. The van der Waals surface area contributed by atoms with Gasteiger partial charge in [-0.05, 0) is 43.3 Å². The first-order valence-electron chi connectivity index (χ1n) is 8.14. The van der Waals surface area contributed by atoms with Crippen LogP contribution in [0.2, 0.25) is 10.0 Å². The Morgan fingerprint density at radius 1 is 1.15 bits per heavy atom. The van der Waals surface area contributed by atoms with Crippen LogP contribution >= 0.6 is 23.2 Å². The van der Waals surface area contributed by atoms with Gasteiger partial charge in [-0.3, -0.25) is 9.59 Å². The van der Waals surface area contributed by atoms with Crippen molar-refractivity contribution in [3.8, 4) is 5.75 Å². The summed E-state index contributed by atoms with van der Waals surface area (Å²) >= 11 is 12.2. The molecule has 0 radical (unpaired) electrons. The first-order valence-corrected chi connectivity index (χ1v) is 8.89. The van der Waals surface area contributed by atoms with Gasteiger partial charge in [0.25, 0.3) is 5.91 Å². The summed E-state index contributed by atoms with van der Waals surface area (Å²) in [5.41, 5.74) is 1.09. The van der Waals surface area contributed by atoms with Crippen molar-refractivity contribution in [2.75, 3.05) is 25.1 Å². The molecule has 1 aliphatic rings. The fraction of sp³-hybridized carbons (Fsp3) is 0.263. The molecule has 26 heavy (non-hydrogen) atoms. The number of benzene rings is 2. The van der Waals surface area contributed by atoms with Gasteiger partial charge in [0.05, 0.1) is 17.8 Å². The highest BCUT2D eigenvalue weighted by atomic mass is 35.5. The summed E-state index contributed by atoms with van der Waals surface area (Å²) in [6.45, 7) is 2.48. The molecule has 0 bridgehead atoms. The lowest BCUT2D eigenvalue weighted by Crippen LogP contribution is -2.57. The molecule has 1 atom stereocenters. The lowest BCUT2D eigenvalue weighted by Gasteiger charge is -2.39. The van der Waals surface area contributed by atoms with Crippen LogP contribution in [0.5, 0.6) is 5.75 Å². The predicted molar refractivity (Wildman–Crippen MR) is 102 cm³/mol. The van der Waals surface area contributed by atoms with Gasteiger partial charge in [-0.25, -0.2) is 0 Å². The van der Waals surface area contributed by atoms with Crippen molar-refractivity contribution in [1.29, 1.82) is 0 Å². The summed E-state index contributed by atoms with van der Waals surface area (Å²) in [5, 5.41) is 0.914. The summed E-state index contributed by atoms with van der Waals surface area (Å²) < 4.78 is 5.17. The molecular formula is C19H18Cl2N2O3. The zero-order chi connectivity index (χ0) is 18.8. The van der Waals surface area contributed by atoms with Gasteiger partial charge >= 0.3 is 0 Å². The van der Waals surface area contributed by atoms with Crippen LogP contribution in [0, 0.1) is 0 Å². The van der Waals surface area contributed by atoms with Crippen molar-refractivity contribution < 1.29 is 14.3 Å². The van der Waals surface area contributed by atoms with E-state index in [1.807, 2.05) is 0 Å². The van der Waals surface area contributed by atoms with Crippen LogP contribution in [0.15, 0.2) is 42.5 Å². The number of carbonyl (C=O) groups excluding carboxylic acids is 2. The van der Waals surface area contributed by atoms with Gasteiger partial charge in [0.2, 0.25) is 5.91 Å². The fourth-order valence-corrected chi connectivity index (χ4v) is 3.52. The molecule has 2 aromatic carbocycles. The van der Waals surface area contributed by atoms with E-state index in [2.05, 4.69) is 0 Å². The average molecular weight is 393 g/mol. The molecule has 3 rings (SSSR count). The molecule has 0 N–H and O–H groups in total. The van der Waals surface area contributed by atoms with Gasteiger partial charge in [0.1, 0.15) is 11.8 Å². The lowest BCUT2D eigenvalue weighted by molar-refractivity contribution is -0.124. The van der Waals surface area contributed by atoms with Gasteiger partial charge < -0.3 is 14.5 Å². The Hall–Kier alpha value is -2.24. The molecule has 1 aliphatic heterocycles. The number of rotatable bonds is 3. The molecule has 5 nitrogen and oxygen atoms in total. The molecular weight excluding hydrogens is 375 g/mol. The predicted octanol–water partition coefficient (Wildman–Crippen LogP) is 3.88. The van der Waals surface area contributed by atoms with E-state index in [4.69, 9.17) is 27.9 Å². The molecule has 0 aliphatic carbocycles. The number of hydrogen-bond acceptors (Lipinski definition) is 3. The number of anilines is 1. The Bertz CT molecular complexity index is 856. The van der Waals surface area contributed by atoms with Gasteiger partial charge in [-0.2, -0.15) is 0 Å². The van der Waals surface area contributed by atoms with Crippen LogP contribution < -0.4 is 9.64 Å². The minimum absolute atomic E-state index is 0.184. The maximum absolute atomic E-state index is 12.8. The Balaban J connectivity index is 1.82. The summed E-state index contributed by atoms with van der Waals surface area (Å²) in [6.07, 6.45) is 0. The number of halogens is 2. The minimum Gasteiger partial charge on any atom is -0.497 e. The first kappa shape index (κ1) is 18.5. The summed E-state index contributed by atoms with van der Waals surface area (Å²) in [7, 11) is 1.55. The van der Waals surface area contributed by atoms with Crippen molar-refractivity contribution in [1.82, 2.24) is 4.90 Å². The van der Waals surface area contributed by atoms with Crippen LogP contribution in [-0.2, 0) is 4.79 Å². The van der Waals surface area contributed by atoms with E-state index in [1.165, 1.54) is 0 Å². The van der Waals surface area contributed by atoms with Gasteiger partial charge in [0, 0.05) is 23.7 Å². The van der Waals surface area contributed by atoms with E-state index >= 15 is 0 Å². The van der Waals surface area contributed by atoms with Crippen LogP contribution in [0.3, 0.4) is 0 Å². The zero-order valence-electron chi connectivity index (χ0n) is 14.4. The quantitative estimate of drug-likeness (QED) is 0.796. The minimum atomic E-state index is -0.603. The maximum atomic E-state index is 12.8. The van der Waals surface area contributed by atoms with E-state index in [-0.39, 0.29) is 11.8 Å². The molecule has 136 valence electrons. The van der Waals surface area contributed by atoms with Gasteiger partial charge in [-0.15, -0.1) is 0 Å². The third-order valence-corrected chi connectivity index (χ3v) is 4.97. The molecule has 7 heteroatoms. The van der Waals surface area contributed by atoms with E-state index in [1.54, 1.807) is 66.3 Å². The molecule has 1 heterocycles. The van der Waals surface area contributed by atoms with E-state index in [0.29, 0.717) is 40.1 Å². The Kier molecular flexibility index (Phi) is 5.39. The number of nitrogens with zero attached hydrogens (tertiary/aromatic N) is 2. The monoisotopic (exact) mass is 392 g/mol. The largest absolute Gasteiger partial charge is 0.497 e. The smallest absolute Gasteiger partial charge is 0.254 e. The van der Waals surface area contributed by atoms with E-state index in [9.17, 15) is 9.59 Å². The third-order valence-electron chi connectivity index (χ3n) is 4.43. The van der Waals surface area contributed by atoms with Crippen molar-refractivity contribution in [3.05, 3.63) is 58.1 Å². The second kappa shape index (κ2) is 7.56. The fourth-order valence-electron chi connectivity index (χ4n) is 3.01. The third kappa shape index (κ3) is 3.50. The summed E-state index contributed by atoms with van der Waals surface area (Å²) in [6, 6.07) is 11.3. The van der Waals surface area contributed by atoms with Gasteiger partial charge in [0.15, 0.2) is 0 Å². The molecule has 2 aromatic rings. The first-order chi connectivity index (χ1) is 12.4. The van der Waals surface area contributed by atoms with Crippen LogP contribution in [0.25, 0.3) is 0 Å². The highest BCUT2D eigenvalue weighted by Gasteiger charge is 2.36. The zero-order valence-corrected chi connectivity index (χ0v) is 15.9. The number of hydrogen-bond donors (Lipinski definition) is 0. The number of ether oxygens (including phenoxy) is 1. The molecule has 0 saturated carbocycles. The Labute approximate surface area is 162 Å². The van der Waals surface area contributed by atoms with Crippen molar-refractivity contribution in [2.45, 2.75) is 13.0 Å². The molecule has 0 aromatic heterocycles. The topological polar surface area (TPSA) is 49.9 Å². The van der Waals surface area contributed by atoms with E-state index < -0.39 is 6.04 Å². The van der Waals surface area contributed by atoms with Crippen molar-refractivity contribution in [3.63, 3.8) is 0 Å². The van der Waals surface area contributed by atoms with Crippen LogP contribution in [0.4, 0.5) is 5.69 Å². The highest BCUT2D eigenvalue weighted by Crippen LogP contribution is 2.31. The van der Waals surface area contributed by atoms with Crippen molar-refractivity contribution in [2.24, 2.45) is 0 Å². The van der Waals surface area contributed by atoms with Gasteiger partial charge in [-0.1, -0.05) is 29.3 Å². The highest BCUT2D eigenvalue weighted by molar-refractivity contribution is 6.36. The van der Waals surface area contributed by atoms with Crippen LogP contribution in [0.1, 0.15) is 17.3 Å². The summed E-state index contributed by atoms with van der Waals surface area (Å²) in [5.74, 6) is 0.213. The number of amides is 2. The normalized spacial score (nSPS) is 17.4. The average Bonchev–Trinajstić information content (AvgIpc) is 2.64. The number of methoxy groups -OCH3 is 1. The lowest BCUT2D eigenvalue weighted by atomic mass is 10.1. The molecule has 2 amide bonds. The molecule has 1 unspecified atom stereocenters. The second-order valence-corrected chi connectivity index (χ2v) is 6.84.